The summed E-state index contributed by atoms with van der Waals surface area (Å²) in [6.07, 6.45) is 7.55. The van der Waals surface area contributed by atoms with Gasteiger partial charge in [-0.3, -0.25) is 0 Å². The summed E-state index contributed by atoms with van der Waals surface area (Å²) in [4.78, 5) is 4.60. The molecule has 3 heteroatoms. The number of imidazole rings is 1. The van der Waals surface area contributed by atoms with E-state index in [-0.39, 0.29) is 0 Å². The van der Waals surface area contributed by atoms with E-state index in [0.717, 1.165) is 25.6 Å². The molecule has 2 aliphatic rings. The van der Waals surface area contributed by atoms with E-state index in [2.05, 4.69) is 21.1 Å². The minimum absolute atomic E-state index is 0.752. The lowest BCUT2D eigenvalue weighted by Crippen LogP contribution is -2.29. The molecule has 0 radical (unpaired) electrons. The van der Waals surface area contributed by atoms with Crippen LogP contribution in [0.1, 0.15) is 43.1 Å². The van der Waals surface area contributed by atoms with Crippen LogP contribution in [0.3, 0.4) is 0 Å². The Kier molecular flexibility index (Phi) is 2.05. The van der Waals surface area contributed by atoms with Crippen LogP contribution in [0, 0.1) is 0 Å². The third-order valence-electron chi connectivity index (χ3n) is 3.51. The molecule has 14 heavy (non-hydrogen) atoms. The van der Waals surface area contributed by atoms with Crippen molar-refractivity contribution in [2.24, 2.45) is 0 Å². The highest BCUT2D eigenvalue weighted by atomic mass is 15.1. The molecule has 0 spiro atoms. The van der Waals surface area contributed by atoms with Gasteiger partial charge in [-0.2, -0.15) is 0 Å². The van der Waals surface area contributed by atoms with E-state index in [9.17, 15) is 0 Å². The number of aromatic nitrogens is 2. The molecular weight excluding hydrogens is 174 g/mol. The van der Waals surface area contributed by atoms with Gasteiger partial charge in [0.25, 0.3) is 0 Å². The standard InChI is InChI=1S/C11H17N3/c1-2-4-9(3-1)11-13-8-10-7-12-5-6-14(10)11/h8-9,12H,1-7H2. The lowest BCUT2D eigenvalue weighted by molar-refractivity contribution is 0.483. The largest absolute Gasteiger partial charge is 0.329 e. The Balaban J connectivity index is 1.93. The van der Waals surface area contributed by atoms with Gasteiger partial charge in [-0.05, 0) is 12.8 Å². The van der Waals surface area contributed by atoms with Crippen LogP contribution in [0.2, 0.25) is 0 Å². The van der Waals surface area contributed by atoms with Crippen LogP contribution >= 0.6 is 0 Å². The zero-order valence-electron chi connectivity index (χ0n) is 8.50. The Hall–Kier alpha value is -0.830. The van der Waals surface area contributed by atoms with Gasteiger partial charge in [0.2, 0.25) is 0 Å². The molecular formula is C11H17N3. The maximum absolute atomic E-state index is 4.60. The van der Waals surface area contributed by atoms with Gasteiger partial charge >= 0.3 is 0 Å². The number of hydrogen-bond donors (Lipinski definition) is 1. The second-order valence-electron chi connectivity index (χ2n) is 4.42. The zero-order chi connectivity index (χ0) is 9.38. The molecule has 1 aliphatic carbocycles. The van der Waals surface area contributed by atoms with Crippen molar-refractivity contribution in [1.82, 2.24) is 14.9 Å². The smallest absolute Gasteiger partial charge is 0.112 e. The quantitative estimate of drug-likeness (QED) is 0.731. The lowest BCUT2D eigenvalue weighted by Gasteiger charge is -2.19. The topological polar surface area (TPSA) is 29.9 Å². The highest BCUT2D eigenvalue weighted by Gasteiger charge is 2.23. The summed E-state index contributed by atoms with van der Waals surface area (Å²) >= 11 is 0. The predicted molar refractivity (Wildman–Crippen MR) is 55.1 cm³/mol. The van der Waals surface area contributed by atoms with Gasteiger partial charge in [0, 0.05) is 31.7 Å². The summed E-state index contributed by atoms with van der Waals surface area (Å²) in [6, 6.07) is 0. The fourth-order valence-corrected chi connectivity index (χ4v) is 2.74. The van der Waals surface area contributed by atoms with Crippen LogP contribution < -0.4 is 5.32 Å². The Bertz CT molecular complexity index is 323. The van der Waals surface area contributed by atoms with Gasteiger partial charge in [-0.25, -0.2) is 4.98 Å². The van der Waals surface area contributed by atoms with E-state index in [1.165, 1.54) is 37.2 Å². The zero-order valence-corrected chi connectivity index (χ0v) is 8.50. The summed E-state index contributed by atoms with van der Waals surface area (Å²) < 4.78 is 2.44. The summed E-state index contributed by atoms with van der Waals surface area (Å²) in [6.45, 7) is 3.21. The Morgan fingerprint density at radius 1 is 1.36 bits per heavy atom. The van der Waals surface area contributed by atoms with Gasteiger partial charge < -0.3 is 9.88 Å². The van der Waals surface area contributed by atoms with Crippen LogP contribution in [0.25, 0.3) is 0 Å². The van der Waals surface area contributed by atoms with Gasteiger partial charge in [0.15, 0.2) is 0 Å². The van der Waals surface area contributed by atoms with Crippen molar-refractivity contribution in [3.63, 3.8) is 0 Å². The molecule has 3 nitrogen and oxygen atoms in total. The second kappa shape index (κ2) is 3.39. The SMILES string of the molecule is c1nc(C2CCCC2)n2c1CNCC2. The minimum atomic E-state index is 0.752. The fourth-order valence-electron chi connectivity index (χ4n) is 2.74. The number of fused-ring (bicyclic) bond motifs is 1. The van der Waals surface area contributed by atoms with E-state index in [4.69, 9.17) is 0 Å². The molecule has 1 saturated carbocycles. The molecule has 2 heterocycles. The molecule has 0 atom stereocenters. The Morgan fingerprint density at radius 2 is 2.21 bits per heavy atom. The van der Waals surface area contributed by atoms with Crippen molar-refractivity contribution >= 4 is 0 Å². The first-order valence-electron chi connectivity index (χ1n) is 5.70. The maximum Gasteiger partial charge on any atom is 0.112 e. The first-order valence-corrected chi connectivity index (χ1v) is 5.70. The molecule has 76 valence electrons. The Labute approximate surface area is 84.5 Å². The van der Waals surface area contributed by atoms with E-state index >= 15 is 0 Å². The van der Waals surface area contributed by atoms with E-state index in [1.54, 1.807) is 0 Å². The van der Waals surface area contributed by atoms with Gasteiger partial charge in [0.05, 0.1) is 5.69 Å². The van der Waals surface area contributed by atoms with E-state index < -0.39 is 0 Å². The normalized spacial score (nSPS) is 22.6. The Morgan fingerprint density at radius 3 is 3.07 bits per heavy atom. The van der Waals surface area contributed by atoms with Crippen LogP contribution in [-0.4, -0.2) is 16.1 Å². The lowest BCUT2D eigenvalue weighted by atomic mass is 10.1. The van der Waals surface area contributed by atoms with Crippen LogP contribution in [0.4, 0.5) is 0 Å². The maximum atomic E-state index is 4.60. The summed E-state index contributed by atoms with van der Waals surface area (Å²) in [5.41, 5.74) is 1.37. The van der Waals surface area contributed by atoms with Gasteiger partial charge in [0.1, 0.15) is 5.82 Å². The van der Waals surface area contributed by atoms with Crippen molar-refractivity contribution in [2.75, 3.05) is 6.54 Å². The molecule has 3 rings (SSSR count). The summed E-state index contributed by atoms with van der Waals surface area (Å²) in [7, 11) is 0. The summed E-state index contributed by atoms with van der Waals surface area (Å²) in [5.74, 6) is 2.11. The molecule has 1 aliphatic heterocycles. The molecule has 0 amide bonds. The minimum Gasteiger partial charge on any atom is -0.329 e. The van der Waals surface area contributed by atoms with Crippen molar-refractivity contribution in [3.8, 4) is 0 Å². The molecule has 0 unspecified atom stereocenters. The van der Waals surface area contributed by atoms with Crippen LogP contribution in [0.5, 0.6) is 0 Å². The first-order chi connectivity index (χ1) is 6.95. The molecule has 1 fully saturated rings. The average Bonchev–Trinajstić information content (AvgIpc) is 2.85. The van der Waals surface area contributed by atoms with E-state index in [0.29, 0.717) is 0 Å². The third-order valence-corrected chi connectivity index (χ3v) is 3.51. The molecule has 0 saturated heterocycles. The second-order valence-corrected chi connectivity index (χ2v) is 4.42. The van der Waals surface area contributed by atoms with E-state index in [1.807, 2.05) is 0 Å². The van der Waals surface area contributed by atoms with Gasteiger partial charge in [-0.1, -0.05) is 12.8 Å². The third kappa shape index (κ3) is 1.27. The van der Waals surface area contributed by atoms with Crippen molar-refractivity contribution in [2.45, 2.75) is 44.7 Å². The molecule has 1 N–H and O–H groups in total. The number of rotatable bonds is 1. The number of hydrogen-bond acceptors (Lipinski definition) is 2. The van der Waals surface area contributed by atoms with Crippen molar-refractivity contribution < 1.29 is 0 Å². The summed E-state index contributed by atoms with van der Waals surface area (Å²) in [5, 5.41) is 3.38. The van der Waals surface area contributed by atoms with Crippen molar-refractivity contribution in [3.05, 3.63) is 17.7 Å². The average molecular weight is 191 g/mol. The number of nitrogens with one attached hydrogen (secondary N) is 1. The fraction of sp³-hybridized carbons (Fsp3) is 0.727. The molecule has 0 aromatic carbocycles. The van der Waals surface area contributed by atoms with Crippen LogP contribution in [-0.2, 0) is 13.1 Å². The molecule has 0 bridgehead atoms. The van der Waals surface area contributed by atoms with Crippen LogP contribution in [0.15, 0.2) is 6.20 Å². The van der Waals surface area contributed by atoms with Crippen molar-refractivity contribution in [1.29, 1.82) is 0 Å². The highest BCUT2D eigenvalue weighted by molar-refractivity contribution is 5.12. The number of nitrogens with zero attached hydrogens (tertiary/aromatic N) is 2. The monoisotopic (exact) mass is 191 g/mol. The molecule has 1 aromatic heterocycles. The predicted octanol–water partition coefficient (Wildman–Crippen LogP) is 1.64. The molecule has 1 aromatic rings. The van der Waals surface area contributed by atoms with Gasteiger partial charge in [-0.15, -0.1) is 0 Å². The highest BCUT2D eigenvalue weighted by Crippen LogP contribution is 2.33. The first kappa shape index (κ1) is 8.48.